The molecule has 1 aliphatic rings. The van der Waals surface area contributed by atoms with E-state index in [1.54, 1.807) is 38.5 Å². The van der Waals surface area contributed by atoms with Crippen molar-refractivity contribution in [3.8, 4) is 5.75 Å². The molecule has 3 rings (SSSR count). The van der Waals surface area contributed by atoms with Gasteiger partial charge in [0.2, 0.25) is 0 Å². The van der Waals surface area contributed by atoms with Crippen LogP contribution in [0.2, 0.25) is 0 Å². The smallest absolute Gasteiger partial charge is 0.278 e. The van der Waals surface area contributed by atoms with Gasteiger partial charge in [0.05, 0.1) is 12.7 Å². The quantitative estimate of drug-likeness (QED) is 0.548. The summed E-state index contributed by atoms with van der Waals surface area (Å²) in [5.41, 5.74) is 4.29. The van der Waals surface area contributed by atoms with Crippen LogP contribution in [0.3, 0.4) is 0 Å². The zero-order valence-electron chi connectivity index (χ0n) is 17.2. The summed E-state index contributed by atoms with van der Waals surface area (Å²) in [6.45, 7) is 4.79. The number of nitrogens with one attached hydrogen (secondary N) is 1. The number of hydrogen-bond donors (Lipinski definition) is 1. The molecule has 0 saturated heterocycles. The molecule has 0 spiro atoms. The lowest BCUT2D eigenvalue weighted by Gasteiger charge is -2.15. The van der Waals surface area contributed by atoms with Crippen molar-refractivity contribution in [3.05, 3.63) is 64.9 Å². The van der Waals surface area contributed by atoms with Crippen LogP contribution in [0.25, 0.3) is 5.57 Å². The molecule has 0 aliphatic carbocycles. The van der Waals surface area contributed by atoms with Gasteiger partial charge in [-0.2, -0.15) is 0 Å². The van der Waals surface area contributed by atoms with Crippen LogP contribution in [-0.4, -0.2) is 44.1 Å². The highest BCUT2D eigenvalue weighted by Crippen LogP contribution is 2.32. The van der Waals surface area contributed by atoms with Crippen LogP contribution in [-0.2, 0) is 14.3 Å². The Morgan fingerprint density at radius 1 is 0.966 bits per heavy atom. The van der Waals surface area contributed by atoms with Crippen molar-refractivity contribution >= 4 is 23.1 Å². The molecule has 6 heteroatoms. The number of imide groups is 1. The lowest BCUT2D eigenvalue weighted by Crippen LogP contribution is -2.34. The summed E-state index contributed by atoms with van der Waals surface area (Å²) in [7, 11) is 3.19. The maximum atomic E-state index is 13.2. The zero-order valence-corrected chi connectivity index (χ0v) is 17.2. The molecule has 0 radical (unpaired) electrons. The van der Waals surface area contributed by atoms with Crippen molar-refractivity contribution in [1.82, 2.24) is 4.90 Å². The molecule has 2 aromatic carbocycles. The molecule has 2 aromatic rings. The van der Waals surface area contributed by atoms with Crippen LogP contribution in [0.5, 0.6) is 5.75 Å². The molecule has 0 unspecified atom stereocenters. The van der Waals surface area contributed by atoms with E-state index in [1.807, 2.05) is 32.0 Å². The molecule has 29 heavy (non-hydrogen) atoms. The van der Waals surface area contributed by atoms with E-state index in [9.17, 15) is 9.59 Å². The summed E-state index contributed by atoms with van der Waals surface area (Å²) in [5.74, 6) is 0.0639. The highest BCUT2D eigenvalue weighted by atomic mass is 16.5. The highest BCUT2D eigenvalue weighted by Gasteiger charge is 2.39. The minimum Gasteiger partial charge on any atom is -0.497 e. The maximum absolute atomic E-state index is 13.2. The van der Waals surface area contributed by atoms with Crippen molar-refractivity contribution in [2.75, 3.05) is 32.7 Å². The van der Waals surface area contributed by atoms with Gasteiger partial charge in [-0.15, -0.1) is 0 Å². The summed E-state index contributed by atoms with van der Waals surface area (Å²) < 4.78 is 10.3. The Kier molecular flexibility index (Phi) is 6.34. The molecule has 0 saturated carbocycles. The number of aryl methyl sites for hydroxylation is 1. The normalized spacial score (nSPS) is 14.0. The fourth-order valence-electron chi connectivity index (χ4n) is 3.31. The van der Waals surface area contributed by atoms with Crippen molar-refractivity contribution < 1.29 is 19.1 Å². The predicted molar refractivity (Wildman–Crippen MR) is 113 cm³/mol. The summed E-state index contributed by atoms with van der Waals surface area (Å²) in [4.78, 5) is 27.6. The van der Waals surface area contributed by atoms with Crippen LogP contribution < -0.4 is 10.1 Å². The van der Waals surface area contributed by atoms with Gasteiger partial charge in [0.15, 0.2) is 0 Å². The number of carbonyl (C=O) groups excluding carboxylic acids is 2. The second-order valence-electron chi connectivity index (χ2n) is 6.96. The largest absolute Gasteiger partial charge is 0.497 e. The third kappa shape index (κ3) is 4.17. The SMILES string of the molecule is COCCCN1C(=O)C(Nc2cccc(C)c2C)=C(c2ccc(OC)cc2)C1=O. The average Bonchev–Trinajstić information content (AvgIpc) is 2.96. The third-order valence-corrected chi connectivity index (χ3v) is 5.14. The topological polar surface area (TPSA) is 67.9 Å². The average molecular weight is 394 g/mol. The number of anilines is 1. The third-order valence-electron chi connectivity index (χ3n) is 5.14. The molecule has 1 heterocycles. The van der Waals surface area contributed by atoms with Crippen LogP contribution in [0.1, 0.15) is 23.1 Å². The van der Waals surface area contributed by atoms with Gasteiger partial charge in [0, 0.05) is 25.9 Å². The van der Waals surface area contributed by atoms with E-state index in [2.05, 4.69) is 5.32 Å². The van der Waals surface area contributed by atoms with Gasteiger partial charge < -0.3 is 14.8 Å². The first-order valence-electron chi connectivity index (χ1n) is 9.55. The number of carbonyl (C=O) groups is 2. The lowest BCUT2D eigenvalue weighted by molar-refractivity contribution is -0.136. The molecular formula is C23H26N2O4. The first-order chi connectivity index (χ1) is 14.0. The number of ether oxygens (including phenoxy) is 2. The predicted octanol–water partition coefficient (Wildman–Crippen LogP) is 3.54. The second kappa shape index (κ2) is 8.92. The Balaban J connectivity index is 2.02. The Morgan fingerprint density at radius 3 is 2.34 bits per heavy atom. The van der Waals surface area contributed by atoms with E-state index in [1.165, 1.54) is 4.90 Å². The van der Waals surface area contributed by atoms with Crippen LogP contribution in [0.15, 0.2) is 48.2 Å². The molecule has 1 N–H and O–H groups in total. The fourth-order valence-corrected chi connectivity index (χ4v) is 3.31. The number of methoxy groups -OCH3 is 2. The molecule has 1 aliphatic heterocycles. The van der Waals surface area contributed by atoms with Gasteiger partial charge in [0.25, 0.3) is 11.8 Å². The number of hydrogen-bond acceptors (Lipinski definition) is 5. The minimum atomic E-state index is -0.321. The Morgan fingerprint density at radius 2 is 1.69 bits per heavy atom. The molecule has 2 amide bonds. The number of benzene rings is 2. The Bertz CT molecular complexity index is 948. The molecule has 0 fully saturated rings. The summed E-state index contributed by atoms with van der Waals surface area (Å²) in [6, 6.07) is 13.0. The molecule has 0 atom stereocenters. The zero-order chi connectivity index (χ0) is 21.0. The molecule has 6 nitrogen and oxygen atoms in total. The monoisotopic (exact) mass is 394 g/mol. The van der Waals surface area contributed by atoms with Gasteiger partial charge in [-0.1, -0.05) is 24.3 Å². The van der Waals surface area contributed by atoms with Gasteiger partial charge >= 0.3 is 0 Å². The van der Waals surface area contributed by atoms with E-state index >= 15 is 0 Å². The maximum Gasteiger partial charge on any atom is 0.278 e. The summed E-state index contributed by atoms with van der Waals surface area (Å²) >= 11 is 0. The summed E-state index contributed by atoms with van der Waals surface area (Å²) in [5, 5.41) is 3.23. The van der Waals surface area contributed by atoms with Crippen molar-refractivity contribution in [2.45, 2.75) is 20.3 Å². The van der Waals surface area contributed by atoms with Crippen molar-refractivity contribution in [1.29, 1.82) is 0 Å². The van der Waals surface area contributed by atoms with Crippen molar-refractivity contribution in [2.24, 2.45) is 0 Å². The second-order valence-corrected chi connectivity index (χ2v) is 6.96. The molecule has 152 valence electrons. The van der Waals surface area contributed by atoms with Gasteiger partial charge in [-0.3, -0.25) is 14.5 Å². The number of amides is 2. The molecule has 0 aromatic heterocycles. The molecular weight excluding hydrogens is 368 g/mol. The molecule has 0 bridgehead atoms. The van der Waals surface area contributed by atoms with E-state index < -0.39 is 0 Å². The van der Waals surface area contributed by atoms with Gasteiger partial charge in [-0.25, -0.2) is 0 Å². The van der Waals surface area contributed by atoms with E-state index in [0.29, 0.717) is 42.2 Å². The lowest BCUT2D eigenvalue weighted by atomic mass is 10.0. The van der Waals surface area contributed by atoms with Crippen LogP contribution in [0, 0.1) is 13.8 Å². The van der Waals surface area contributed by atoms with Gasteiger partial charge in [-0.05, 0) is 55.2 Å². The number of nitrogens with zero attached hydrogens (tertiary/aromatic N) is 1. The fraction of sp³-hybridized carbons (Fsp3) is 0.304. The van der Waals surface area contributed by atoms with Crippen LogP contribution >= 0.6 is 0 Å². The first-order valence-corrected chi connectivity index (χ1v) is 9.55. The first kappa shape index (κ1) is 20.6. The van der Waals surface area contributed by atoms with E-state index in [0.717, 1.165) is 16.8 Å². The Hall–Kier alpha value is -3.12. The van der Waals surface area contributed by atoms with Gasteiger partial charge in [0.1, 0.15) is 11.4 Å². The Labute approximate surface area is 171 Å². The van der Waals surface area contributed by atoms with Crippen LogP contribution in [0.4, 0.5) is 5.69 Å². The number of rotatable bonds is 8. The minimum absolute atomic E-state index is 0.297. The standard InChI is InChI=1S/C23H26N2O4/c1-15-7-5-8-19(16(15)2)24-21-20(17-9-11-18(29-4)12-10-17)22(26)25(23(21)27)13-6-14-28-3/h5,7-12,24H,6,13-14H2,1-4H3. The highest BCUT2D eigenvalue weighted by molar-refractivity contribution is 6.36. The summed E-state index contributed by atoms with van der Waals surface area (Å²) in [6.07, 6.45) is 0.584. The van der Waals surface area contributed by atoms with Crippen molar-refractivity contribution in [3.63, 3.8) is 0 Å². The van der Waals surface area contributed by atoms with E-state index in [4.69, 9.17) is 9.47 Å². The van der Waals surface area contributed by atoms with E-state index in [-0.39, 0.29) is 11.8 Å².